The van der Waals surface area contributed by atoms with E-state index >= 15 is 0 Å². The Kier molecular flexibility index (Phi) is 11.4. The van der Waals surface area contributed by atoms with E-state index in [1.54, 1.807) is 30.3 Å². The molecule has 0 unspecified atom stereocenters. The van der Waals surface area contributed by atoms with E-state index in [1.165, 1.54) is 23.1 Å². The Hall–Kier alpha value is -3.85. The average molecular weight is 679 g/mol. The standard InChI is InChI=1S/C36H37Cl2N3O4S/c37-31-22-13-23-32(35(31)38)41(46(44,45)30-20-11-4-12-21-30)26-34(42)40(25-28-16-7-2-8-17-28)33(24-27-14-5-1-6-15-27)36(43)39-29-18-9-3-10-19-29/h1-2,4-8,11-17,20-23,29,33H,3,9-10,18-19,24-26H2,(H,39,43)/t33-/m1/s1. The highest BCUT2D eigenvalue weighted by Crippen LogP contribution is 2.35. The number of nitrogens with one attached hydrogen (secondary N) is 1. The van der Waals surface area contributed by atoms with Crippen LogP contribution in [0.4, 0.5) is 5.69 Å². The average Bonchev–Trinajstić information content (AvgIpc) is 3.08. The summed E-state index contributed by atoms with van der Waals surface area (Å²) in [6.07, 6.45) is 5.22. The lowest BCUT2D eigenvalue weighted by molar-refractivity contribution is -0.140. The number of carbonyl (C=O) groups excluding carboxylic acids is 2. The lowest BCUT2D eigenvalue weighted by Gasteiger charge is -2.35. The van der Waals surface area contributed by atoms with Crippen molar-refractivity contribution in [1.29, 1.82) is 0 Å². The minimum Gasteiger partial charge on any atom is -0.352 e. The second-order valence-corrected chi connectivity index (χ2v) is 14.1. The summed E-state index contributed by atoms with van der Waals surface area (Å²) < 4.78 is 29.3. The number of halogens is 2. The van der Waals surface area contributed by atoms with Crippen molar-refractivity contribution >= 4 is 50.7 Å². The van der Waals surface area contributed by atoms with Crippen LogP contribution < -0.4 is 9.62 Å². The second-order valence-electron chi connectivity index (χ2n) is 11.5. The van der Waals surface area contributed by atoms with Crippen LogP contribution in [0.1, 0.15) is 43.2 Å². The van der Waals surface area contributed by atoms with E-state index in [2.05, 4.69) is 5.32 Å². The molecule has 10 heteroatoms. The zero-order chi connectivity index (χ0) is 32.5. The number of rotatable bonds is 12. The molecule has 0 radical (unpaired) electrons. The topological polar surface area (TPSA) is 86.8 Å². The number of hydrogen-bond donors (Lipinski definition) is 1. The van der Waals surface area contributed by atoms with Gasteiger partial charge < -0.3 is 10.2 Å². The summed E-state index contributed by atoms with van der Waals surface area (Å²) >= 11 is 12.9. The first-order chi connectivity index (χ1) is 22.2. The van der Waals surface area contributed by atoms with Crippen molar-refractivity contribution in [2.24, 2.45) is 0 Å². The van der Waals surface area contributed by atoms with Crippen LogP contribution >= 0.6 is 23.2 Å². The van der Waals surface area contributed by atoms with Crippen LogP contribution in [0.15, 0.2) is 114 Å². The lowest BCUT2D eigenvalue weighted by Crippen LogP contribution is -2.55. The lowest BCUT2D eigenvalue weighted by atomic mass is 9.94. The van der Waals surface area contributed by atoms with Crippen molar-refractivity contribution in [2.45, 2.75) is 62.0 Å². The van der Waals surface area contributed by atoms with Crippen molar-refractivity contribution in [1.82, 2.24) is 10.2 Å². The molecule has 4 aromatic carbocycles. The van der Waals surface area contributed by atoms with Gasteiger partial charge in [-0.1, -0.05) is 127 Å². The van der Waals surface area contributed by atoms with Gasteiger partial charge in [0.1, 0.15) is 12.6 Å². The highest BCUT2D eigenvalue weighted by Gasteiger charge is 2.36. The summed E-state index contributed by atoms with van der Waals surface area (Å²) in [5, 5.41) is 3.36. The fourth-order valence-electron chi connectivity index (χ4n) is 5.80. The van der Waals surface area contributed by atoms with Gasteiger partial charge in [-0.15, -0.1) is 0 Å². The summed E-state index contributed by atoms with van der Waals surface area (Å²) in [4.78, 5) is 30.2. The molecule has 0 heterocycles. The van der Waals surface area contributed by atoms with E-state index in [-0.39, 0.29) is 45.5 Å². The zero-order valence-electron chi connectivity index (χ0n) is 25.4. The van der Waals surface area contributed by atoms with Crippen LogP contribution in [0.2, 0.25) is 10.0 Å². The third-order valence-electron chi connectivity index (χ3n) is 8.23. The minimum absolute atomic E-state index is 0.00181. The monoisotopic (exact) mass is 677 g/mol. The molecule has 1 saturated carbocycles. The predicted octanol–water partition coefficient (Wildman–Crippen LogP) is 7.28. The highest BCUT2D eigenvalue weighted by atomic mass is 35.5. The van der Waals surface area contributed by atoms with Gasteiger partial charge in [0.05, 0.1) is 20.6 Å². The first-order valence-corrected chi connectivity index (χ1v) is 17.6. The van der Waals surface area contributed by atoms with Gasteiger partial charge in [0.2, 0.25) is 11.8 Å². The van der Waals surface area contributed by atoms with Gasteiger partial charge in [-0.05, 0) is 48.2 Å². The molecule has 1 atom stereocenters. The number of benzene rings is 4. The number of nitrogens with zero attached hydrogens (tertiary/aromatic N) is 2. The molecule has 7 nitrogen and oxygen atoms in total. The maximum Gasteiger partial charge on any atom is 0.264 e. The maximum atomic E-state index is 14.6. The summed E-state index contributed by atoms with van der Waals surface area (Å²) in [7, 11) is -4.28. The van der Waals surface area contributed by atoms with Gasteiger partial charge in [-0.2, -0.15) is 0 Å². The van der Waals surface area contributed by atoms with Crippen molar-refractivity contribution < 1.29 is 18.0 Å². The van der Waals surface area contributed by atoms with Crippen molar-refractivity contribution in [2.75, 3.05) is 10.8 Å². The van der Waals surface area contributed by atoms with E-state index in [0.29, 0.717) is 0 Å². The summed E-state index contributed by atoms with van der Waals surface area (Å²) in [5.74, 6) is -0.822. The maximum absolute atomic E-state index is 14.6. The second kappa shape index (κ2) is 15.6. The highest BCUT2D eigenvalue weighted by molar-refractivity contribution is 7.92. The molecule has 46 heavy (non-hydrogen) atoms. The number of sulfonamides is 1. The summed E-state index contributed by atoms with van der Waals surface area (Å²) in [6.45, 7) is -0.510. The molecular weight excluding hydrogens is 641 g/mol. The van der Waals surface area contributed by atoms with Crippen LogP contribution in [-0.4, -0.2) is 43.8 Å². The molecule has 0 bridgehead atoms. The zero-order valence-corrected chi connectivity index (χ0v) is 27.7. The van der Waals surface area contributed by atoms with Gasteiger partial charge >= 0.3 is 0 Å². The number of hydrogen-bond acceptors (Lipinski definition) is 4. The van der Waals surface area contributed by atoms with Crippen molar-refractivity contribution in [3.05, 3.63) is 130 Å². The normalized spacial score (nSPS) is 14.3. The molecule has 5 rings (SSSR count). The molecule has 240 valence electrons. The molecule has 1 N–H and O–H groups in total. The van der Waals surface area contributed by atoms with Gasteiger partial charge in [-0.3, -0.25) is 13.9 Å². The SMILES string of the molecule is O=C(NC1CCCCC1)[C@@H](Cc1ccccc1)N(Cc1ccccc1)C(=O)CN(c1cccc(Cl)c1Cl)S(=O)(=O)c1ccccc1. The largest absolute Gasteiger partial charge is 0.352 e. The van der Waals surface area contributed by atoms with Gasteiger partial charge in [-0.25, -0.2) is 8.42 Å². The molecule has 0 spiro atoms. The van der Waals surface area contributed by atoms with Crippen LogP contribution in [0.3, 0.4) is 0 Å². The number of amides is 2. The van der Waals surface area contributed by atoms with E-state index in [4.69, 9.17) is 23.2 Å². The van der Waals surface area contributed by atoms with E-state index in [1.807, 2.05) is 60.7 Å². The van der Waals surface area contributed by atoms with Crippen LogP contribution in [0.5, 0.6) is 0 Å². The Morgan fingerprint density at radius 1 is 0.761 bits per heavy atom. The first-order valence-electron chi connectivity index (χ1n) is 15.4. The smallest absolute Gasteiger partial charge is 0.264 e. The summed E-state index contributed by atoms with van der Waals surface area (Å²) in [6, 6.07) is 30.5. The van der Waals surface area contributed by atoms with E-state index in [0.717, 1.165) is 47.5 Å². The predicted molar refractivity (Wildman–Crippen MR) is 183 cm³/mol. The van der Waals surface area contributed by atoms with E-state index in [9.17, 15) is 18.0 Å². The molecule has 1 fully saturated rings. The Balaban J connectivity index is 1.57. The third-order valence-corrected chi connectivity index (χ3v) is 10.8. The van der Waals surface area contributed by atoms with Gasteiger partial charge in [0.25, 0.3) is 10.0 Å². The number of carbonyl (C=O) groups is 2. The molecule has 2 amide bonds. The van der Waals surface area contributed by atoms with E-state index < -0.39 is 28.5 Å². The quantitative estimate of drug-likeness (QED) is 0.171. The Morgan fingerprint density at radius 3 is 1.98 bits per heavy atom. The minimum atomic E-state index is -4.28. The Bertz CT molecular complexity index is 1720. The first kappa shape index (κ1) is 33.5. The Labute approximate surface area is 281 Å². The van der Waals surface area contributed by atoms with Crippen molar-refractivity contribution in [3.8, 4) is 0 Å². The van der Waals surface area contributed by atoms with Crippen molar-refractivity contribution in [3.63, 3.8) is 0 Å². The Morgan fingerprint density at radius 2 is 1.35 bits per heavy atom. The molecule has 0 aliphatic heterocycles. The van der Waals surface area contributed by atoms with Crippen LogP contribution in [0, 0.1) is 0 Å². The third kappa shape index (κ3) is 8.29. The van der Waals surface area contributed by atoms with Crippen LogP contribution in [-0.2, 0) is 32.6 Å². The van der Waals surface area contributed by atoms with Gasteiger partial charge in [0, 0.05) is 19.0 Å². The summed E-state index contributed by atoms with van der Waals surface area (Å²) in [5.41, 5.74) is 1.75. The molecule has 1 aliphatic carbocycles. The fourth-order valence-corrected chi connectivity index (χ4v) is 7.69. The fraction of sp³-hybridized carbons (Fsp3) is 0.278. The van der Waals surface area contributed by atoms with Crippen LogP contribution in [0.25, 0.3) is 0 Å². The molecule has 0 aromatic heterocycles. The number of anilines is 1. The molecule has 1 aliphatic rings. The molecular formula is C36H37Cl2N3O4S. The molecule has 0 saturated heterocycles. The van der Waals surface area contributed by atoms with Gasteiger partial charge in [0.15, 0.2) is 0 Å². The molecule has 4 aromatic rings.